The smallest absolute Gasteiger partial charge is 0.349 e. The monoisotopic (exact) mass is 381 g/mol. The van der Waals surface area contributed by atoms with Crippen molar-refractivity contribution in [2.75, 3.05) is 6.61 Å². The number of benzene rings is 1. The lowest BCUT2D eigenvalue weighted by atomic mass is 10.1. The van der Waals surface area contributed by atoms with Crippen molar-refractivity contribution in [2.45, 2.75) is 32.4 Å². The summed E-state index contributed by atoms with van der Waals surface area (Å²) < 4.78 is 15.6. The van der Waals surface area contributed by atoms with E-state index >= 15 is 0 Å². The van der Waals surface area contributed by atoms with Crippen molar-refractivity contribution in [3.63, 3.8) is 0 Å². The molecular formula is C20H19N3O5. The number of rotatable bonds is 5. The predicted octanol–water partition coefficient (Wildman–Crippen LogP) is 2.78. The number of carbonyl (C=O) groups is 1. The van der Waals surface area contributed by atoms with Crippen LogP contribution in [0.1, 0.15) is 46.2 Å². The first kappa shape index (κ1) is 18.1. The van der Waals surface area contributed by atoms with E-state index in [1.165, 1.54) is 6.39 Å². The molecule has 1 fully saturated rings. The second-order valence-electron chi connectivity index (χ2n) is 6.63. The standard InChI is InChI=1S/C20H19N3O5/c1-12-9-16(15-3-2-8-26-15)28-20(25)17(12)19(24)21-10-13-4-6-14(7-5-13)18-22-11-27-23-18/h4-7,9,11,15H,2-3,8,10H2,1H3,(H,21,24). The van der Waals surface area contributed by atoms with Crippen molar-refractivity contribution in [1.82, 2.24) is 15.5 Å². The summed E-state index contributed by atoms with van der Waals surface area (Å²) in [6.07, 6.45) is 2.80. The molecule has 0 spiro atoms. The summed E-state index contributed by atoms with van der Waals surface area (Å²) in [6, 6.07) is 9.08. The van der Waals surface area contributed by atoms with Crippen molar-refractivity contribution in [2.24, 2.45) is 0 Å². The van der Waals surface area contributed by atoms with Gasteiger partial charge in [0, 0.05) is 18.7 Å². The van der Waals surface area contributed by atoms with Crippen LogP contribution in [0.5, 0.6) is 0 Å². The Bertz CT molecular complexity index is 1020. The normalized spacial score (nSPS) is 16.2. The number of hydrogen-bond donors (Lipinski definition) is 1. The van der Waals surface area contributed by atoms with Gasteiger partial charge in [0.1, 0.15) is 17.4 Å². The fourth-order valence-electron chi connectivity index (χ4n) is 3.21. The van der Waals surface area contributed by atoms with Gasteiger partial charge in [-0.05, 0) is 37.0 Å². The van der Waals surface area contributed by atoms with E-state index in [1.54, 1.807) is 13.0 Å². The van der Waals surface area contributed by atoms with Crippen LogP contribution in [0.4, 0.5) is 0 Å². The zero-order valence-electron chi connectivity index (χ0n) is 15.3. The fourth-order valence-corrected chi connectivity index (χ4v) is 3.21. The van der Waals surface area contributed by atoms with Gasteiger partial charge in [0.25, 0.3) is 5.91 Å². The zero-order chi connectivity index (χ0) is 19.5. The Kier molecular flexibility index (Phi) is 5.03. The molecule has 1 aliphatic heterocycles. The van der Waals surface area contributed by atoms with Crippen LogP contribution in [0, 0.1) is 6.92 Å². The van der Waals surface area contributed by atoms with Gasteiger partial charge in [0.05, 0.1) is 0 Å². The van der Waals surface area contributed by atoms with Crippen LogP contribution in [-0.2, 0) is 11.3 Å². The van der Waals surface area contributed by atoms with Crippen molar-refractivity contribution in [1.29, 1.82) is 0 Å². The molecule has 8 nitrogen and oxygen atoms in total. The molecule has 1 amide bonds. The molecule has 2 aromatic heterocycles. The highest BCUT2D eigenvalue weighted by molar-refractivity contribution is 5.95. The third-order valence-electron chi connectivity index (χ3n) is 4.67. The van der Waals surface area contributed by atoms with E-state index < -0.39 is 11.5 Å². The van der Waals surface area contributed by atoms with Gasteiger partial charge in [0.15, 0.2) is 0 Å². The quantitative estimate of drug-likeness (QED) is 0.724. The van der Waals surface area contributed by atoms with E-state index in [4.69, 9.17) is 13.7 Å². The van der Waals surface area contributed by atoms with E-state index in [0.29, 0.717) is 23.8 Å². The molecule has 1 unspecified atom stereocenters. The van der Waals surface area contributed by atoms with Gasteiger partial charge in [-0.1, -0.05) is 29.4 Å². The van der Waals surface area contributed by atoms with Gasteiger partial charge in [-0.25, -0.2) is 4.79 Å². The highest BCUT2D eigenvalue weighted by Crippen LogP contribution is 2.28. The number of aromatic nitrogens is 2. The maximum absolute atomic E-state index is 12.5. The minimum absolute atomic E-state index is 0.0187. The number of aryl methyl sites for hydroxylation is 1. The third-order valence-corrected chi connectivity index (χ3v) is 4.67. The van der Waals surface area contributed by atoms with E-state index in [0.717, 1.165) is 24.0 Å². The highest BCUT2D eigenvalue weighted by atomic mass is 16.5. The van der Waals surface area contributed by atoms with Crippen LogP contribution in [0.15, 0.2) is 50.5 Å². The maximum Gasteiger partial charge on any atom is 0.349 e. The van der Waals surface area contributed by atoms with Crippen LogP contribution in [0.3, 0.4) is 0 Å². The minimum atomic E-state index is -0.643. The molecule has 28 heavy (non-hydrogen) atoms. The Labute approximate surface area is 160 Å². The van der Waals surface area contributed by atoms with Crippen molar-refractivity contribution < 1.29 is 18.5 Å². The van der Waals surface area contributed by atoms with Crippen LogP contribution in [0.25, 0.3) is 11.4 Å². The van der Waals surface area contributed by atoms with Crippen molar-refractivity contribution in [3.8, 4) is 11.4 Å². The lowest BCUT2D eigenvalue weighted by Gasteiger charge is -2.11. The molecule has 8 heteroatoms. The number of nitrogens with one attached hydrogen (secondary N) is 1. The molecule has 1 N–H and O–H groups in total. The Hall–Kier alpha value is -3.26. The van der Waals surface area contributed by atoms with E-state index in [2.05, 4.69) is 15.5 Å². The summed E-state index contributed by atoms with van der Waals surface area (Å²) in [5, 5.41) is 6.54. The summed E-state index contributed by atoms with van der Waals surface area (Å²) in [7, 11) is 0. The lowest BCUT2D eigenvalue weighted by molar-refractivity contribution is 0.0882. The number of hydrogen-bond acceptors (Lipinski definition) is 7. The van der Waals surface area contributed by atoms with E-state index in [9.17, 15) is 9.59 Å². The molecule has 3 aromatic rings. The third kappa shape index (κ3) is 3.72. The Morgan fingerprint density at radius 1 is 1.29 bits per heavy atom. The Morgan fingerprint density at radius 3 is 2.75 bits per heavy atom. The zero-order valence-corrected chi connectivity index (χ0v) is 15.3. The van der Waals surface area contributed by atoms with Gasteiger partial charge in [0.2, 0.25) is 12.2 Å². The predicted molar refractivity (Wildman–Crippen MR) is 98.5 cm³/mol. The molecule has 0 saturated carbocycles. The highest BCUT2D eigenvalue weighted by Gasteiger charge is 2.24. The molecule has 1 aliphatic rings. The van der Waals surface area contributed by atoms with Gasteiger partial charge in [-0.2, -0.15) is 4.98 Å². The van der Waals surface area contributed by atoms with Crippen LogP contribution in [-0.4, -0.2) is 22.7 Å². The molecular weight excluding hydrogens is 362 g/mol. The molecule has 4 rings (SSSR count). The molecule has 3 heterocycles. The average Bonchev–Trinajstić information content (AvgIpc) is 3.40. The Balaban J connectivity index is 1.44. The van der Waals surface area contributed by atoms with Gasteiger partial charge in [-0.15, -0.1) is 0 Å². The fraction of sp³-hybridized carbons (Fsp3) is 0.300. The number of amides is 1. The van der Waals surface area contributed by atoms with Gasteiger partial charge in [-0.3, -0.25) is 4.79 Å². The first-order valence-corrected chi connectivity index (χ1v) is 9.02. The molecule has 0 radical (unpaired) electrons. The average molecular weight is 381 g/mol. The molecule has 144 valence electrons. The number of nitrogens with zero attached hydrogens (tertiary/aromatic N) is 2. The van der Waals surface area contributed by atoms with Crippen molar-refractivity contribution in [3.05, 3.63) is 69.6 Å². The van der Waals surface area contributed by atoms with Crippen LogP contribution >= 0.6 is 0 Å². The number of ether oxygens (including phenoxy) is 1. The van der Waals surface area contributed by atoms with Crippen LogP contribution in [0.2, 0.25) is 0 Å². The molecule has 1 aromatic carbocycles. The summed E-state index contributed by atoms with van der Waals surface area (Å²) in [4.78, 5) is 28.8. The second kappa shape index (κ2) is 7.77. The summed E-state index contributed by atoms with van der Waals surface area (Å²) in [5.41, 5.74) is 1.64. The van der Waals surface area contributed by atoms with Gasteiger partial charge < -0.3 is 19.0 Å². The summed E-state index contributed by atoms with van der Waals surface area (Å²) in [5.74, 6) is 0.510. The van der Waals surface area contributed by atoms with Crippen molar-refractivity contribution >= 4 is 5.91 Å². The Morgan fingerprint density at radius 2 is 2.11 bits per heavy atom. The minimum Gasteiger partial charge on any atom is -0.424 e. The second-order valence-corrected chi connectivity index (χ2v) is 6.63. The largest absolute Gasteiger partial charge is 0.424 e. The summed E-state index contributed by atoms with van der Waals surface area (Å²) >= 11 is 0. The molecule has 1 saturated heterocycles. The maximum atomic E-state index is 12.5. The summed E-state index contributed by atoms with van der Waals surface area (Å²) in [6.45, 7) is 2.66. The molecule has 0 bridgehead atoms. The lowest BCUT2D eigenvalue weighted by Crippen LogP contribution is -2.29. The SMILES string of the molecule is Cc1cc(C2CCCO2)oc(=O)c1C(=O)NCc1ccc(-c2ncon2)cc1. The first-order valence-electron chi connectivity index (χ1n) is 9.02. The van der Waals surface area contributed by atoms with E-state index in [1.807, 2.05) is 24.3 Å². The topological polar surface area (TPSA) is 107 Å². The molecule has 1 atom stereocenters. The first-order chi connectivity index (χ1) is 13.6. The van der Waals surface area contributed by atoms with E-state index in [-0.39, 0.29) is 18.2 Å². The van der Waals surface area contributed by atoms with Crippen LogP contribution < -0.4 is 10.9 Å². The molecule has 0 aliphatic carbocycles. The number of carbonyl (C=O) groups excluding carboxylic acids is 1. The van der Waals surface area contributed by atoms with Gasteiger partial charge >= 0.3 is 5.63 Å².